The van der Waals surface area contributed by atoms with Crippen molar-refractivity contribution in [2.45, 2.75) is 0 Å². The first-order valence-corrected chi connectivity index (χ1v) is 19.9. The van der Waals surface area contributed by atoms with E-state index in [1.54, 1.807) is 0 Å². The van der Waals surface area contributed by atoms with Crippen LogP contribution in [-0.4, -0.2) is 4.57 Å². The van der Waals surface area contributed by atoms with Crippen molar-refractivity contribution in [2.75, 3.05) is 4.90 Å². The van der Waals surface area contributed by atoms with Crippen molar-refractivity contribution in [1.29, 1.82) is 0 Å². The SMILES string of the molecule is c1ccc(-c2cc(-c3ccc4ccccc4c3)ccc2N(c2ccc3c4ccccc4n(-c4ccccc4)c3c2)c2ccccc2-c2ccc3ccccc3c2)cc1. The molecule has 0 radical (unpaired) electrons. The number of benzene rings is 10. The predicted molar refractivity (Wildman–Crippen MR) is 247 cm³/mol. The second-order valence-electron chi connectivity index (χ2n) is 15.0. The highest BCUT2D eigenvalue weighted by molar-refractivity contribution is 6.11. The molecule has 11 aromatic rings. The summed E-state index contributed by atoms with van der Waals surface area (Å²) in [6, 6.07) is 83.9. The lowest BCUT2D eigenvalue weighted by Crippen LogP contribution is -2.13. The minimum atomic E-state index is 1.08. The monoisotopic (exact) mass is 738 g/mol. The van der Waals surface area contributed by atoms with E-state index >= 15 is 0 Å². The third-order valence-electron chi connectivity index (χ3n) is 11.5. The third kappa shape index (κ3) is 5.82. The molecule has 11 rings (SSSR count). The normalized spacial score (nSPS) is 11.4. The Balaban J connectivity index is 1.19. The van der Waals surface area contributed by atoms with E-state index in [0.717, 1.165) is 45.0 Å². The van der Waals surface area contributed by atoms with Crippen molar-refractivity contribution in [3.63, 3.8) is 0 Å². The molecule has 1 heterocycles. The highest BCUT2D eigenvalue weighted by Gasteiger charge is 2.23. The van der Waals surface area contributed by atoms with Gasteiger partial charge in [-0.2, -0.15) is 0 Å². The summed E-state index contributed by atoms with van der Waals surface area (Å²) in [4.78, 5) is 2.48. The van der Waals surface area contributed by atoms with E-state index < -0.39 is 0 Å². The van der Waals surface area contributed by atoms with Crippen LogP contribution in [-0.2, 0) is 0 Å². The zero-order chi connectivity index (χ0) is 38.4. The van der Waals surface area contributed by atoms with Gasteiger partial charge in [-0.05, 0) is 104 Å². The van der Waals surface area contributed by atoms with Crippen molar-refractivity contribution in [1.82, 2.24) is 4.57 Å². The van der Waals surface area contributed by atoms with Crippen LogP contribution >= 0.6 is 0 Å². The van der Waals surface area contributed by atoms with Crippen molar-refractivity contribution in [2.24, 2.45) is 0 Å². The van der Waals surface area contributed by atoms with Gasteiger partial charge >= 0.3 is 0 Å². The topological polar surface area (TPSA) is 8.17 Å². The van der Waals surface area contributed by atoms with Crippen LogP contribution in [0.15, 0.2) is 231 Å². The largest absolute Gasteiger partial charge is 0.309 e. The molecule has 1 aromatic heterocycles. The number of aromatic nitrogens is 1. The molecule has 0 atom stereocenters. The summed E-state index contributed by atoms with van der Waals surface area (Å²) in [7, 11) is 0. The van der Waals surface area contributed by atoms with Gasteiger partial charge in [0.15, 0.2) is 0 Å². The first-order chi connectivity index (χ1) is 28.8. The molecular weight excluding hydrogens is 701 g/mol. The number of nitrogens with zero attached hydrogens (tertiary/aromatic N) is 2. The van der Waals surface area contributed by atoms with Crippen LogP contribution < -0.4 is 4.90 Å². The van der Waals surface area contributed by atoms with E-state index in [1.165, 1.54) is 54.5 Å². The second-order valence-corrected chi connectivity index (χ2v) is 15.0. The highest BCUT2D eigenvalue weighted by atomic mass is 15.1. The lowest BCUT2D eigenvalue weighted by atomic mass is 9.94. The molecule has 58 heavy (non-hydrogen) atoms. The van der Waals surface area contributed by atoms with Gasteiger partial charge in [-0.3, -0.25) is 0 Å². The van der Waals surface area contributed by atoms with Crippen LogP contribution in [0.1, 0.15) is 0 Å². The average Bonchev–Trinajstić information content (AvgIpc) is 3.63. The molecule has 2 nitrogen and oxygen atoms in total. The molecular formula is C56H38N2. The number of hydrogen-bond donors (Lipinski definition) is 0. The summed E-state index contributed by atoms with van der Waals surface area (Å²) in [5.41, 5.74) is 13.8. The Hall–Kier alpha value is -7.68. The zero-order valence-corrected chi connectivity index (χ0v) is 31.8. The molecule has 0 unspecified atom stereocenters. The number of para-hydroxylation sites is 3. The molecule has 2 heteroatoms. The maximum Gasteiger partial charge on any atom is 0.0561 e. The maximum absolute atomic E-state index is 2.48. The lowest BCUT2D eigenvalue weighted by Gasteiger charge is -2.30. The smallest absolute Gasteiger partial charge is 0.0561 e. The summed E-state index contributed by atoms with van der Waals surface area (Å²) in [6.45, 7) is 0. The molecule has 0 spiro atoms. The summed E-state index contributed by atoms with van der Waals surface area (Å²) in [5.74, 6) is 0. The van der Waals surface area contributed by atoms with Gasteiger partial charge in [0, 0.05) is 33.3 Å². The molecule has 0 saturated carbocycles. The predicted octanol–water partition coefficient (Wildman–Crippen LogP) is 15.6. The fourth-order valence-electron chi connectivity index (χ4n) is 8.76. The second kappa shape index (κ2) is 14.1. The van der Waals surface area contributed by atoms with Crippen LogP contribution in [0.25, 0.3) is 82.4 Å². The van der Waals surface area contributed by atoms with Gasteiger partial charge in [-0.25, -0.2) is 0 Å². The van der Waals surface area contributed by atoms with Gasteiger partial charge in [-0.15, -0.1) is 0 Å². The summed E-state index contributed by atoms with van der Waals surface area (Å²) < 4.78 is 2.41. The van der Waals surface area contributed by atoms with Crippen molar-refractivity contribution in [3.8, 4) is 39.1 Å². The summed E-state index contributed by atoms with van der Waals surface area (Å²) >= 11 is 0. The maximum atomic E-state index is 2.48. The Kier molecular flexibility index (Phi) is 8.19. The fourth-order valence-corrected chi connectivity index (χ4v) is 8.76. The Bertz CT molecular complexity index is 3290. The Morgan fingerprint density at radius 3 is 1.62 bits per heavy atom. The summed E-state index contributed by atoms with van der Waals surface area (Å²) in [6.07, 6.45) is 0. The van der Waals surface area contributed by atoms with Gasteiger partial charge < -0.3 is 9.47 Å². The minimum absolute atomic E-state index is 1.08. The van der Waals surface area contributed by atoms with Crippen LogP contribution in [0.2, 0.25) is 0 Å². The molecule has 272 valence electrons. The third-order valence-corrected chi connectivity index (χ3v) is 11.5. The van der Waals surface area contributed by atoms with E-state index in [4.69, 9.17) is 0 Å². The quantitative estimate of drug-likeness (QED) is 0.158. The molecule has 0 bridgehead atoms. The molecule has 0 aliphatic heterocycles. The Morgan fingerprint density at radius 1 is 0.293 bits per heavy atom. The van der Waals surface area contributed by atoms with Gasteiger partial charge in [-0.1, -0.05) is 170 Å². The van der Waals surface area contributed by atoms with Gasteiger partial charge in [0.25, 0.3) is 0 Å². The molecule has 0 N–H and O–H groups in total. The zero-order valence-electron chi connectivity index (χ0n) is 31.8. The van der Waals surface area contributed by atoms with Crippen LogP contribution in [0.5, 0.6) is 0 Å². The molecule has 0 saturated heterocycles. The van der Waals surface area contributed by atoms with Crippen molar-refractivity contribution < 1.29 is 0 Å². The number of hydrogen-bond acceptors (Lipinski definition) is 1. The van der Waals surface area contributed by atoms with E-state index in [1.807, 2.05) is 0 Å². The van der Waals surface area contributed by atoms with E-state index in [0.29, 0.717) is 0 Å². The van der Waals surface area contributed by atoms with Crippen molar-refractivity contribution >= 4 is 60.4 Å². The van der Waals surface area contributed by atoms with Gasteiger partial charge in [0.05, 0.1) is 22.4 Å². The molecule has 10 aromatic carbocycles. The summed E-state index contributed by atoms with van der Waals surface area (Å²) in [5, 5.41) is 7.39. The Labute approximate surface area is 338 Å². The van der Waals surface area contributed by atoms with Crippen LogP contribution in [0.4, 0.5) is 17.1 Å². The first-order valence-electron chi connectivity index (χ1n) is 19.9. The standard InChI is InChI=1S/C56H38N2/c1-3-17-41(18-4-1)52-37-45(44-29-27-39-15-7-9-19-42(39)35-44)31-34-55(52)58(53-25-13-11-23-49(53)46-30-28-40-16-8-10-20-43(40)36-46)48-32-33-51-50-24-12-14-26-54(50)57(56(51)38-48)47-21-5-2-6-22-47/h1-38H. The number of anilines is 3. The first kappa shape index (κ1) is 33.6. The van der Waals surface area contributed by atoms with Gasteiger partial charge in [0.2, 0.25) is 0 Å². The lowest BCUT2D eigenvalue weighted by molar-refractivity contribution is 1.18. The van der Waals surface area contributed by atoms with Crippen LogP contribution in [0, 0.1) is 0 Å². The molecule has 0 fully saturated rings. The van der Waals surface area contributed by atoms with E-state index in [2.05, 4.69) is 240 Å². The highest BCUT2D eigenvalue weighted by Crippen LogP contribution is 2.47. The fraction of sp³-hybridized carbons (Fsp3) is 0. The minimum Gasteiger partial charge on any atom is -0.309 e. The molecule has 0 amide bonds. The molecule has 0 aliphatic rings. The van der Waals surface area contributed by atoms with Crippen molar-refractivity contribution in [3.05, 3.63) is 231 Å². The molecule has 0 aliphatic carbocycles. The van der Waals surface area contributed by atoms with Crippen LogP contribution in [0.3, 0.4) is 0 Å². The number of fused-ring (bicyclic) bond motifs is 5. The van der Waals surface area contributed by atoms with E-state index in [-0.39, 0.29) is 0 Å². The van der Waals surface area contributed by atoms with E-state index in [9.17, 15) is 0 Å². The number of rotatable bonds is 7. The Morgan fingerprint density at radius 2 is 0.845 bits per heavy atom. The average molecular weight is 739 g/mol. The van der Waals surface area contributed by atoms with Gasteiger partial charge in [0.1, 0.15) is 0 Å².